The molecule has 0 radical (unpaired) electrons. The van der Waals surface area contributed by atoms with E-state index in [4.69, 9.17) is 11.6 Å². The fourth-order valence-corrected chi connectivity index (χ4v) is 2.24. The highest BCUT2D eigenvalue weighted by atomic mass is 79.9. The Labute approximate surface area is 121 Å². The largest absolute Gasteiger partial charge is 0.355 e. The third-order valence-corrected chi connectivity index (χ3v) is 3.53. The first-order valence-corrected chi connectivity index (χ1v) is 7.16. The highest BCUT2D eigenvalue weighted by molar-refractivity contribution is 9.10. The van der Waals surface area contributed by atoms with E-state index < -0.39 is 0 Å². The molecule has 0 aliphatic carbocycles. The predicted molar refractivity (Wildman–Crippen MR) is 78.8 cm³/mol. The molecule has 1 unspecified atom stereocenters. The normalized spacial score (nSPS) is 12.2. The van der Waals surface area contributed by atoms with E-state index in [0.29, 0.717) is 11.6 Å². The van der Waals surface area contributed by atoms with Crippen molar-refractivity contribution < 1.29 is 4.79 Å². The number of nitrogens with one attached hydrogen (secondary N) is 2. The van der Waals surface area contributed by atoms with E-state index in [0.717, 1.165) is 23.0 Å². The maximum Gasteiger partial charge on any atom is 0.236 e. The highest BCUT2D eigenvalue weighted by Gasteiger charge is 2.11. The Morgan fingerprint density at radius 2 is 2.22 bits per heavy atom. The van der Waals surface area contributed by atoms with Crippen molar-refractivity contribution in [3.8, 4) is 0 Å². The van der Waals surface area contributed by atoms with E-state index in [9.17, 15) is 4.79 Å². The van der Waals surface area contributed by atoms with Crippen LogP contribution in [0.3, 0.4) is 0 Å². The van der Waals surface area contributed by atoms with Crippen LogP contribution in [0.15, 0.2) is 22.7 Å². The van der Waals surface area contributed by atoms with E-state index in [1.165, 1.54) is 0 Å². The van der Waals surface area contributed by atoms with E-state index in [2.05, 4.69) is 26.6 Å². The van der Waals surface area contributed by atoms with Gasteiger partial charge >= 0.3 is 0 Å². The van der Waals surface area contributed by atoms with Gasteiger partial charge in [-0.25, -0.2) is 0 Å². The minimum absolute atomic E-state index is 0.0296. The van der Waals surface area contributed by atoms with Gasteiger partial charge in [0.1, 0.15) is 0 Å². The number of carbonyl (C=O) groups excluding carboxylic acids is 1. The van der Waals surface area contributed by atoms with Gasteiger partial charge in [0, 0.05) is 22.6 Å². The zero-order valence-corrected chi connectivity index (χ0v) is 12.9. The highest BCUT2D eigenvalue weighted by Crippen LogP contribution is 2.21. The summed E-state index contributed by atoms with van der Waals surface area (Å²) in [6.45, 7) is 5.23. The monoisotopic (exact) mass is 332 g/mol. The van der Waals surface area contributed by atoms with E-state index in [1.807, 2.05) is 32.0 Å². The van der Waals surface area contributed by atoms with Gasteiger partial charge in [-0.15, -0.1) is 0 Å². The minimum atomic E-state index is -0.209. The summed E-state index contributed by atoms with van der Waals surface area (Å²) in [4.78, 5) is 11.7. The van der Waals surface area contributed by atoms with E-state index >= 15 is 0 Å². The van der Waals surface area contributed by atoms with Crippen LogP contribution >= 0.6 is 27.5 Å². The number of hydrogen-bond donors (Lipinski definition) is 2. The molecule has 1 aromatic rings. The Hall–Kier alpha value is -0.580. The van der Waals surface area contributed by atoms with Gasteiger partial charge in [-0.05, 0) is 31.0 Å². The molecule has 5 heteroatoms. The van der Waals surface area contributed by atoms with Crippen LogP contribution in [0.1, 0.15) is 25.8 Å². The molecule has 0 saturated heterocycles. The molecule has 0 heterocycles. The van der Waals surface area contributed by atoms with E-state index in [-0.39, 0.29) is 11.9 Å². The van der Waals surface area contributed by atoms with Crippen molar-refractivity contribution in [1.82, 2.24) is 10.6 Å². The van der Waals surface area contributed by atoms with Crippen LogP contribution in [0.4, 0.5) is 0 Å². The molecular weight excluding hydrogens is 316 g/mol. The summed E-state index contributed by atoms with van der Waals surface area (Å²) in [5.74, 6) is 0.0296. The van der Waals surface area contributed by atoms with Crippen molar-refractivity contribution in [1.29, 1.82) is 0 Å². The van der Waals surface area contributed by atoms with Crippen molar-refractivity contribution in [3.05, 3.63) is 33.3 Å². The second kappa shape index (κ2) is 7.77. The molecule has 3 nitrogen and oxygen atoms in total. The lowest BCUT2D eigenvalue weighted by Crippen LogP contribution is -2.42. The van der Waals surface area contributed by atoms with Crippen LogP contribution in [-0.2, 0) is 11.3 Å². The fraction of sp³-hybridized carbons (Fsp3) is 0.462. The lowest BCUT2D eigenvalue weighted by molar-refractivity contribution is -0.122. The number of amides is 1. The van der Waals surface area contributed by atoms with Gasteiger partial charge in [-0.2, -0.15) is 0 Å². The quantitative estimate of drug-likeness (QED) is 0.840. The SMILES string of the molecule is CCCNC(=O)C(C)NCc1ccc(Cl)cc1Br. The Kier molecular flexibility index (Phi) is 6.68. The summed E-state index contributed by atoms with van der Waals surface area (Å²) in [5, 5.41) is 6.73. The minimum Gasteiger partial charge on any atom is -0.355 e. The standard InChI is InChI=1S/C13H18BrClN2O/c1-3-6-16-13(18)9(2)17-8-10-4-5-11(15)7-12(10)14/h4-5,7,9,17H,3,6,8H2,1-2H3,(H,16,18). The molecule has 0 spiro atoms. The van der Waals surface area contributed by atoms with Crippen molar-refractivity contribution >= 4 is 33.4 Å². The summed E-state index contributed by atoms with van der Waals surface area (Å²) in [5.41, 5.74) is 1.08. The lowest BCUT2D eigenvalue weighted by Gasteiger charge is -2.14. The first-order chi connectivity index (χ1) is 8.54. The second-order valence-corrected chi connectivity index (χ2v) is 5.42. The molecule has 0 aliphatic rings. The third-order valence-electron chi connectivity index (χ3n) is 2.56. The molecule has 0 saturated carbocycles. The van der Waals surface area contributed by atoms with Crippen LogP contribution in [0.5, 0.6) is 0 Å². The Balaban J connectivity index is 2.46. The second-order valence-electron chi connectivity index (χ2n) is 4.13. The van der Waals surface area contributed by atoms with Crippen LogP contribution in [-0.4, -0.2) is 18.5 Å². The van der Waals surface area contributed by atoms with Crippen LogP contribution in [0.2, 0.25) is 5.02 Å². The molecule has 1 aromatic carbocycles. The summed E-state index contributed by atoms with van der Waals surface area (Å²) in [6, 6.07) is 5.42. The average Bonchev–Trinajstić information content (AvgIpc) is 2.34. The molecule has 1 amide bonds. The number of rotatable bonds is 6. The third kappa shape index (κ3) is 4.96. The smallest absolute Gasteiger partial charge is 0.236 e. The van der Waals surface area contributed by atoms with Gasteiger partial charge in [0.05, 0.1) is 6.04 Å². The van der Waals surface area contributed by atoms with Crippen molar-refractivity contribution in [2.75, 3.05) is 6.54 Å². The summed E-state index contributed by atoms with van der Waals surface area (Å²) < 4.78 is 0.948. The molecule has 0 bridgehead atoms. The maximum absolute atomic E-state index is 11.7. The number of halogens is 2. The molecule has 0 fully saturated rings. The van der Waals surface area contributed by atoms with Gasteiger partial charge < -0.3 is 10.6 Å². The molecule has 100 valence electrons. The fourth-order valence-electron chi connectivity index (χ4n) is 1.42. The Bertz CT molecular complexity index is 412. The average molecular weight is 334 g/mol. The topological polar surface area (TPSA) is 41.1 Å². The number of benzene rings is 1. The van der Waals surface area contributed by atoms with Crippen molar-refractivity contribution in [3.63, 3.8) is 0 Å². The molecule has 1 atom stereocenters. The van der Waals surface area contributed by atoms with Gasteiger partial charge in [0.25, 0.3) is 0 Å². The van der Waals surface area contributed by atoms with Gasteiger partial charge in [-0.3, -0.25) is 4.79 Å². The van der Waals surface area contributed by atoms with Gasteiger partial charge in [0.15, 0.2) is 0 Å². The predicted octanol–water partition coefficient (Wildman–Crippen LogP) is 3.11. The molecule has 1 rings (SSSR count). The van der Waals surface area contributed by atoms with Crippen molar-refractivity contribution in [2.45, 2.75) is 32.9 Å². The lowest BCUT2D eigenvalue weighted by atomic mass is 10.2. The molecular formula is C13H18BrClN2O. The van der Waals surface area contributed by atoms with E-state index in [1.54, 1.807) is 0 Å². The van der Waals surface area contributed by atoms with Crippen molar-refractivity contribution in [2.24, 2.45) is 0 Å². The first kappa shape index (κ1) is 15.5. The zero-order chi connectivity index (χ0) is 13.5. The zero-order valence-electron chi connectivity index (χ0n) is 10.6. The summed E-state index contributed by atoms with van der Waals surface area (Å²) in [7, 11) is 0. The van der Waals surface area contributed by atoms with Crippen LogP contribution in [0.25, 0.3) is 0 Å². The molecule has 0 aliphatic heterocycles. The number of carbonyl (C=O) groups is 1. The maximum atomic E-state index is 11.7. The molecule has 0 aromatic heterocycles. The van der Waals surface area contributed by atoms with Gasteiger partial charge in [0.2, 0.25) is 5.91 Å². The molecule has 2 N–H and O–H groups in total. The van der Waals surface area contributed by atoms with Crippen LogP contribution in [0, 0.1) is 0 Å². The molecule has 18 heavy (non-hydrogen) atoms. The Morgan fingerprint density at radius 1 is 1.50 bits per heavy atom. The summed E-state index contributed by atoms with van der Waals surface area (Å²) >= 11 is 9.32. The number of hydrogen-bond acceptors (Lipinski definition) is 2. The summed E-state index contributed by atoms with van der Waals surface area (Å²) in [6.07, 6.45) is 0.946. The van der Waals surface area contributed by atoms with Gasteiger partial charge in [-0.1, -0.05) is 40.5 Å². The Morgan fingerprint density at radius 3 is 2.83 bits per heavy atom. The first-order valence-electron chi connectivity index (χ1n) is 5.99. The van der Waals surface area contributed by atoms with Crippen LogP contribution < -0.4 is 10.6 Å².